The Bertz CT molecular complexity index is 362. The van der Waals surface area contributed by atoms with Gasteiger partial charge in [-0.2, -0.15) is 0 Å². The van der Waals surface area contributed by atoms with E-state index in [0.29, 0.717) is 32.0 Å². The molecule has 1 saturated heterocycles. The molecule has 0 aromatic heterocycles. The Morgan fingerprint density at radius 1 is 1.35 bits per heavy atom. The van der Waals surface area contributed by atoms with Gasteiger partial charge in [-0.1, -0.05) is 6.42 Å². The Morgan fingerprint density at radius 3 is 2.50 bits per heavy atom. The number of urea groups is 1. The van der Waals surface area contributed by atoms with Crippen molar-refractivity contribution in [3.8, 4) is 0 Å². The molecule has 20 heavy (non-hydrogen) atoms. The smallest absolute Gasteiger partial charge is 0.317 e. The average molecular weight is 284 g/mol. The van der Waals surface area contributed by atoms with Gasteiger partial charge in [0.15, 0.2) is 0 Å². The highest BCUT2D eigenvalue weighted by Crippen LogP contribution is 2.30. The number of hydrogen-bond donors (Lipinski definition) is 2. The molecule has 2 rings (SSSR count). The molecule has 1 aliphatic heterocycles. The SMILES string of the molecule is CN(CC1CCC1)C(=O)NCC1(C(=O)O)CCOCC1. The molecule has 6 nitrogen and oxygen atoms in total. The number of amides is 2. The van der Waals surface area contributed by atoms with Gasteiger partial charge in [-0.25, -0.2) is 4.79 Å². The molecule has 6 heteroatoms. The van der Waals surface area contributed by atoms with Crippen LogP contribution in [0.1, 0.15) is 32.1 Å². The topological polar surface area (TPSA) is 78.9 Å². The van der Waals surface area contributed by atoms with Crippen molar-refractivity contribution in [2.24, 2.45) is 11.3 Å². The van der Waals surface area contributed by atoms with Gasteiger partial charge in [-0.05, 0) is 31.6 Å². The van der Waals surface area contributed by atoms with E-state index in [1.165, 1.54) is 19.3 Å². The maximum Gasteiger partial charge on any atom is 0.317 e. The van der Waals surface area contributed by atoms with Crippen LogP contribution in [-0.4, -0.2) is 55.4 Å². The molecule has 1 heterocycles. The zero-order valence-electron chi connectivity index (χ0n) is 12.1. The summed E-state index contributed by atoms with van der Waals surface area (Å²) in [5.74, 6) is -0.231. The Morgan fingerprint density at radius 2 is 2.00 bits per heavy atom. The zero-order valence-corrected chi connectivity index (χ0v) is 12.1. The van der Waals surface area contributed by atoms with Gasteiger partial charge in [0.2, 0.25) is 0 Å². The lowest BCUT2D eigenvalue weighted by atomic mass is 9.80. The number of carbonyl (C=O) groups is 2. The standard InChI is InChI=1S/C14H24N2O4/c1-16(9-11-3-2-4-11)13(19)15-10-14(12(17)18)5-7-20-8-6-14/h11H,2-10H2,1H3,(H,15,19)(H,17,18). The van der Waals surface area contributed by atoms with Crippen LogP contribution in [-0.2, 0) is 9.53 Å². The first-order chi connectivity index (χ1) is 9.53. The van der Waals surface area contributed by atoms with Crippen molar-refractivity contribution in [1.29, 1.82) is 0 Å². The first kappa shape index (κ1) is 15.1. The number of hydrogen-bond acceptors (Lipinski definition) is 3. The average Bonchev–Trinajstić information content (AvgIpc) is 2.40. The molecular weight excluding hydrogens is 260 g/mol. The number of ether oxygens (including phenoxy) is 1. The quantitative estimate of drug-likeness (QED) is 0.798. The van der Waals surface area contributed by atoms with E-state index in [9.17, 15) is 14.7 Å². The van der Waals surface area contributed by atoms with Crippen molar-refractivity contribution in [2.75, 3.05) is 33.4 Å². The fourth-order valence-electron chi connectivity index (χ4n) is 2.75. The number of nitrogens with one attached hydrogen (secondary N) is 1. The molecule has 0 radical (unpaired) electrons. The van der Waals surface area contributed by atoms with Gasteiger partial charge in [0.25, 0.3) is 0 Å². The van der Waals surface area contributed by atoms with Crippen LogP contribution in [0.15, 0.2) is 0 Å². The largest absolute Gasteiger partial charge is 0.481 e. The minimum Gasteiger partial charge on any atom is -0.481 e. The van der Waals surface area contributed by atoms with Crippen LogP contribution < -0.4 is 5.32 Å². The highest BCUT2D eigenvalue weighted by Gasteiger charge is 2.40. The molecule has 2 amide bonds. The third kappa shape index (κ3) is 3.42. The molecule has 0 atom stereocenters. The predicted octanol–water partition coefficient (Wildman–Crippen LogP) is 1.31. The number of carboxylic acid groups (broad SMARTS) is 1. The minimum absolute atomic E-state index is 0.177. The second kappa shape index (κ2) is 6.43. The Labute approximate surface area is 119 Å². The molecule has 0 aromatic carbocycles. The van der Waals surface area contributed by atoms with Gasteiger partial charge in [-0.15, -0.1) is 0 Å². The van der Waals surface area contributed by atoms with Crippen LogP contribution in [0.5, 0.6) is 0 Å². The monoisotopic (exact) mass is 284 g/mol. The normalized spacial score (nSPS) is 21.9. The Hall–Kier alpha value is -1.30. The molecule has 0 aromatic rings. The highest BCUT2D eigenvalue weighted by molar-refractivity contribution is 5.78. The van der Waals surface area contributed by atoms with E-state index in [-0.39, 0.29) is 12.6 Å². The summed E-state index contributed by atoms with van der Waals surface area (Å²) < 4.78 is 5.22. The molecule has 114 valence electrons. The van der Waals surface area contributed by atoms with Crippen molar-refractivity contribution < 1.29 is 19.4 Å². The van der Waals surface area contributed by atoms with Crippen LogP contribution in [0.4, 0.5) is 4.79 Å². The molecular formula is C14H24N2O4. The summed E-state index contributed by atoms with van der Waals surface area (Å²) in [4.78, 5) is 25.2. The van der Waals surface area contributed by atoms with Gasteiger partial charge in [0, 0.05) is 33.4 Å². The van der Waals surface area contributed by atoms with Gasteiger partial charge >= 0.3 is 12.0 Å². The van der Waals surface area contributed by atoms with Crippen molar-refractivity contribution in [2.45, 2.75) is 32.1 Å². The maximum absolute atomic E-state index is 12.0. The third-order valence-corrected chi connectivity index (χ3v) is 4.59. The summed E-state index contributed by atoms with van der Waals surface area (Å²) in [5.41, 5.74) is -0.870. The van der Waals surface area contributed by atoms with Gasteiger partial charge < -0.3 is 20.1 Å². The molecule has 2 fully saturated rings. The fourth-order valence-corrected chi connectivity index (χ4v) is 2.75. The van der Waals surface area contributed by atoms with Crippen molar-refractivity contribution in [1.82, 2.24) is 10.2 Å². The summed E-state index contributed by atoms with van der Waals surface area (Å²) in [6, 6.07) is -0.177. The van der Waals surface area contributed by atoms with Crippen LogP contribution in [0, 0.1) is 11.3 Å². The van der Waals surface area contributed by atoms with Crippen LogP contribution in [0.3, 0.4) is 0 Å². The summed E-state index contributed by atoms with van der Waals surface area (Å²) in [6.07, 6.45) is 4.54. The highest BCUT2D eigenvalue weighted by atomic mass is 16.5. The lowest BCUT2D eigenvalue weighted by Crippen LogP contribution is -2.49. The molecule has 1 aliphatic carbocycles. The lowest BCUT2D eigenvalue weighted by molar-refractivity contribution is -0.154. The number of aliphatic carboxylic acids is 1. The first-order valence-corrected chi connectivity index (χ1v) is 7.34. The van der Waals surface area contributed by atoms with Gasteiger partial charge in [0.1, 0.15) is 0 Å². The second-order valence-electron chi connectivity index (χ2n) is 6.03. The molecule has 0 bridgehead atoms. The van der Waals surface area contributed by atoms with E-state index < -0.39 is 11.4 Å². The molecule has 2 aliphatic rings. The lowest BCUT2D eigenvalue weighted by Gasteiger charge is -2.34. The molecule has 0 unspecified atom stereocenters. The fraction of sp³-hybridized carbons (Fsp3) is 0.857. The maximum atomic E-state index is 12.0. The Kier molecular flexibility index (Phi) is 4.86. The van der Waals surface area contributed by atoms with Gasteiger partial charge in [0.05, 0.1) is 5.41 Å². The summed E-state index contributed by atoms with van der Waals surface area (Å²) in [5, 5.41) is 12.2. The number of rotatable bonds is 5. The summed E-state index contributed by atoms with van der Waals surface area (Å²) in [6.45, 7) is 1.83. The van der Waals surface area contributed by atoms with E-state index in [2.05, 4.69) is 5.32 Å². The molecule has 0 spiro atoms. The van der Waals surface area contributed by atoms with Crippen LogP contribution >= 0.6 is 0 Å². The van der Waals surface area contributed by atoms with Crippen molar-refractivity contribution in [3.05, 3.63) is 0 Å². The van der Waals surface area contributed by atoms with E-state index in [1.54, 1.807) is 11.9 Å². The Balaban J connectivity index is 1.81. The van der Waals surface area contributed by atoms with E-state index >= 15 is 0 Å². The molecule has 1 saturated carbocycles. The van der Waals surface area contributed by atoms with Gasteiger partial charge in [-0.3, -0.25) is 4.79 Å². The minimum atomic E-state index is -0.870. The number of nitrogens with zero attached hydrogens (tertiary/aromatic N) is 1. The number of carbonyl (C=O) groups excluding carboxylic acids is 1. The van der Waals surface area contributed by atoms with E-state index in [0.717, 1.165) is 6.54 Å². The summed E-state index contributed by atoms with van der Waals surface area (Å²) >= 11 is 0. The third-order valence-electron chi connectivity index (χ3n) is 4.59. The van der Waals surface area contributed by atoms with Crippen LogP contribution in [0.2, 0.25) is 0 Å². The zero-order chi connectivity index (χ0) is 14.6. The van der Waals surface area contributed by atoms with Crippen LogP contribution in [0.25, 0.3) is 0 Å². The predicted molar refractivity (Wildman–Crippen MR) is 73.5 cm³/mol. The van der Waals surface area contributed by atoms with E-state index in [1.807, 2.05) is 0 Å². The summed E-state index contributed by atoms with van der Waals surface area (Å²) in [7, 11) is 1.77. The van der Waals surface area contributed by atoms with Crippen molar-refractivity contribution >= 4 is 12.0 Å². The molecule has 2 N–H and O–H groups in total. The van der Waals surface area contributed by atoms with E-state index in [4.69, 9.17) is 4.74 Å². The second-order valence-corrected chi connectivity index (χ2v) is 6.03. The number of carboxylic acids is 1. The first-order valence-electron chi connectivity index (χ1n) is 7.34. The van der Waals surface area contributed by atoms with Crippen molar-refractivity contribution in [3.63, 3.8) is 0 Å².